The molecule has 23 unspecified atom stereocenters. The van der Waals surface area contributed by atoms with Crippen LogP contribution in [-0.4, -0.2) is 294 Å². The number of aliphatic carboxylic acids is 1. The number of phenols is 4. The summed E-state index contributed by atoms with van der Waals surface area (Å²) in [5.74, 6) is -17.7. The van der Waals surface area contributed by atoms with Crippen LogP contribution in [-0.2, 0) is 30.2 Å². The predicted octanol–water partition coefficient (Wildman–Crippen LogP) is 7.74. The number of aromatic hydroxyl groups is 4. The van der Waals surface area contributed by atoms with E-state index in [0.29, 0.717) is 18.8 Å². The van der Waals surface area contributed by atoms with Gasteiger partial charge in [0.15, 0.2) is 71.3 Å². The summed E-state index contributed by atoms with van der Waals surface area (Å²) in [4.78, 5) is 50.0. The van der Waals surface area contributed by atoms with Crippen molar-refractivity contribution in [1.82, 2.24) is 0 Å². The second-order valence-electron chi connectivity index (χ2n) is 32.7. The van der Waals surface area contributed by atoms with Crippen LogP contribution in [0.15, 0.2) is 155 Å². The molecule has 7 aromatic rings. The van der Waals surface area contributed by atoms with Crippen LogP contribution in [0.4, 0.5) is 0 Å². The molecule has 3 saturated heterocycles. The number of unbranched alkanes of at least 4 members (excludes halogenated alkanes) is 3. The van der Waals surface area contributed by atoms with E-state index in [2.05, 4.69) is 48.8 Å². The maximum atomic E-state index is 14.3. The minimum absolute atomic E-state index is 0.0765. The Balaban J connectivity index is 1.09. The standard InChI is InChI=1S/C88H97Cl2N9O33/c1-33(2)8-6-4-5-7-9-60(108)94-68-74(113)71(110)58(31-101)129-87(68)132-78-55-25-40-26-56(78)126-52-17-13-38(23-47(52)90)77(131-86-67(92-34(3)103)73(112)70(109)57(30-100)128-86)69-84(121)98-66(85(122)123)45-28-42(105)29-54(127-88-76(115)75(114)72(111)59(32-102)130-88)61(45)44-22-37(12-14-49(44)106)63(81(118)99-69)96-83(120)65(40)97-82(119)64-39-20-41(104)27-43(21-39)124-53-24-36(11-15-50(53)107)62(91)80(117)93-48(79(116)95-64)19-35-10-16-51(125-55)46(89)18-35/h10-18,20-29,33,48,57-59,62-77,86-88,100-102,104-107,109-115H,4-9,19,30-32,91H2,1-3H3,(H,92,103)(H,93,117)(H,94,108)(H,95,116)(H,96,120)(H,97,119)(H,98,121)(H,99,118)(H,122,123). The Bertz CT molecular complexity index is 5700. The summed E-state index contributed by atoms with van der Waals surface area (Å²) in [7, 11) is 0. The van der Waals surface area contributed by atoms with E-state index in [4.69, 9.17) is 76.6 Å². The number of ether oxygens (including phenoxy) is 9. The third-order valence-electron chi connectivity index (χ3n) is 22.9. The number of carboxylic acid groups (broad SMARTS) is 1. The lowest BCUT2D eigenvalue weighted by molar-refractivity contribution is -0.279. The van der Waals surface area contributed by atoms with Gasteiger partial charge in [0.25, 0.3) is 0 Å². The van der Waals surface area contributed by atoms with Crippen molar-refractivity contribution in [3.05, 3.63) is 164 Å². The van der Waals surface area contributed by atoms with Crippen molar-refractivity contribution in [2.24, 2.45) is 51.6 Å². The van der Waals surface area contributed by atoms with Crippen LogP contribution in [0.25, 0.3) is 11.1 Å². The molecule has 0 amide bonds. The predicted molar refractivity (Wildman–Crippen MR) is 468 cm³/mol. The number of benzene rings is 7. The summed E-state index contributed by atoms with van der Waals surface area (Å²) in [5.41, 5.74) is 3.11. The van der Waals surface area contributed by atoms with Crippen LogP contribution in [0.1, 0.15) is 135 Å². The van der Waals surface area contributed by atoms with Crippen molar-refractivity contribution in [2.45, 2.75) is 206 Å². The van der Waals surface area contributed by atoms with Gasteiger partial charge in [-0.25, -0.2) is 44.7 Å². The van der Waals surface area contributed by atoms with Crippen LogP contribution >= 0.6 is 23.2 Å². The van der Waals surface area contributed by atoms with E-state index in [1.807, 2.05) is 0 Å². The van der Waals surface area contributed by atoms with Gasteiger partial charge in [-0.2, -0.15) is 0 Å². The zero-order valence-electron chi connectivity index (χ0n) is 70.2. The SMILES string of the molecule is CC(O)=NC1C(OC2c3ccc(c(Cl)c3)Oc3cc4cc(c3OC3OC(CO)C(O)C(O)C3N=C(O)CCCCCCC(C)C)Oc3ccc(cc3Cl)CC3N=C(O)C(N)c5ccc(O)c(c5)Oc5cc(O)cc(c5)C(N=C3O)C(O)=NC4C(O)=NC3C(O)=NC2C(O)=NC(C(=O)O)c2cc(O)cc(OC4OC(CO)C(O)C(O)C4O)c2-c2cc3ccc2O)OC(CO)C(O)C1O. The first-order chi connectivity index (χ1) is 62.9. The molecule has 132 heavy (non-hydrogen) atoms. The minimum Gasteiger partial charge on any atom is -0.508 e. The third-order valence-corrected chi connectivity index (χ3v) is 23.5. The Hall–Kier alpha value is -12.0. The molecule has 17 bridgehead atoms. The number of carbonyl (C=O) groups is 1. The quantitative estimate of drug-likeness (QED) is 0.0209. The number of hydrogen-bond acceptors (Lipinski definition) is 33. The van der Waals surface area contributed by atoms with Crippen molar-refractivity contribution in [2.75, 3.05) is 19.8 Å². The van der Waals surface area contributed by atoms with Crippen LogP contribution in [0.2, 0.25) is 10.0 Å². The number of nitrogens with two attached hydrogens (primary N) is 1. The molecule has 7 aromatic carbocycles. The Morgan fingerprint density at radius 1 is 0.492 bits per heavy atom. The average Bonchev–Trinajstić information content (AvgIpc) is 0.748. The maximum Gasteiger partial charge on any atom is 0.333 e. The number of fused-ring (bicyclic) bond motifs is 12. The number of carboxylic acids is 1. The second kappa shape index (κ2) is 40.6. The summed E-state index contributed by atoms with van der Waals surface area (Å²) in [5, 5.41) is 271. The molecule has 0 spiro atoms. The molecule has 0 saturated carbocycles. The fraction of sp³-hybridized carbons (Fsp3) is 0.420. The first-order valence-corrected chi connectivity index (χ1v) is 42.4. The summed E-state index contributed by atoms with van der Waals surface area (Å²) in [6.45, 7) is 2.10. The molecule has 9 heterocycles. The lowest BCUT2D eigenvalue weighted by Gasteiger charge is -2.42. The Morgan fingerprint density at radius 2 is 1.05 bits per heavy atom. The van der Waals surface area contributed by atoms with Crippen molar-refractivity contribution in [3.63, 3.8) is 0 Å². The van der Waals surface area contributed by atoms with Crippen molar-refractivity contribution in [3.8, 4) is 80.1 Å². The Labute approximate surface area is 759 Å². The molecular weight excluding hydrogens is 1780 g/mol. The van der Waals surface area contributed by atoms with E-state index in [9.17, 15) is 122 Å². The molecule has 23 atom stereocenters. The van der Waals surface area contributed by atoms with Gasteiger partial charge >= 0.3 is 5.97 Å². The van der Waals surface area contributed by atoms with Gasteiger partial charge in [0.1, 0.15) is 132 Å². The summed E-state index contributed by atoms with van der Waals surface area (Å²) >= 11 is 14.8. The average molecular weight is 1880 g/mol. The highest BCUT2D eigenvalue weighted by atomic mass is 35.5. The highest BCUT2D eigenvalue weighted by molar-refractivity contribution is 6.32. The van der Waals surface area contributed by atoms with Gasteiger partial charge in [-0.05, 0) is 125 Å². The van der Waals surface area contributed by atoms with Gasteiger partial charge < -0.3 is 166 Å². The topological polar surface area (TPSA) is 690 Å². The Morgan fingerprint density at radius 3 is 1.67 bits per heavy atom. The first-order valence-electron chi connectivity index (χ1n) is 41.7. The number of nitrogens with zero attached hydrogens (tertiary/aromatic N) is 8. The van der Waals surface area contributed by atoms with Gasteiger partial charge in [0.05, 0.1) is 29.9 Å². The molecule has 0 aliphatic carbocycles. The monoisotopic (exact) mass is 1880 g/mol. The molecule has 9 aliphatic heterocycles. The summed E-state index contributed by atoms with van der Waals surface area (Å²) in [6, 6.07) is 1.25. The van der Waals surface area contributed by atoms with E-state index in [0.717, 1.165) is 105 Å². The number of aliphatic hydroxyl groups is 18. The van der Waals surface area contributed by atoms with E-state index in [1.54, 1.807) is 0 Å². The number of halogens is 2. The van der Waals surface area contributed by atoms with E-state index in [-0.39, 0.29) is 50.9 Å². The molecule has 42 nitrogen and oxygen atoms in total. The van der Waals surface area contributed by atoms with Gasteiger partial charge in [0, 0.05) is 48.6 Å². The van der Waals surface area contributed by atoms with Gasteiger partial charge in [-0.3, -0.25) is 0 Å². The van der Waals surface area contributed by atoms with Crippen LogP contribution in [0.5, 0.6) is 69.0 Å². The lowest BCUT2D eigenvalue weighted by Crippen LogP contribution is -2.60. The molecule has 0 radical (unpaired) electrons. The molecule has 3 fully saturated rings. The van der Waals surface area contributed by atoms with Crippen molar-refractivity contribution in [1.29, 1.82) is 0 Å². The zero-order chi connectivity index (χ0) is 94.9. The molecule has 25 N–H and O–H groups in total. The highest BCUT2D eigenvalue weighted by Crippen LogP contribution is 2.52. The van der Waals surface area contributed by atoms with Gasteiger partial charge in [-0.15, -0.1) is 0 Å². The van der Waals surface area contributed by atoms with E-state index < -0.39 is 304 Å². The summed E-state index contributed by atoms with van der Waals surface area (Å²) < 4.78 is 57.7. The van der Waals surface area contributed by atoms with Crippen molar-refractivity contribution >= 4 is 76.4 Å². The summed E-state index contributed by atoms with van der Waals surface area (Å²) in [6.07, 6.45) is -25.5. The number of hydrogen-bond donors (Lipinski definition) is 24. The Kier molecular flexibility index (Phi) is 29.5. The maximum absolute atomic E-state index is 14.3. The highest BCUT2D eigenvalue weighted by Gasteiger charge is 2.51. The number of aliphatic imine (C=N–C) groups is 8. The van der Waals surface area contributed by atoms with E-state index in [1.165, 1.54) is 36.4 Å². The first kappa shape index (κ1) is 96.0. The van der Waals surface area contributed by atoms with Crippen LogP contribution in [0, 0.1) is 5.92 Å². The molecule has 0 aromatic heterocycles. The fourth-order valence-electron chi connectivity index (χ4n) is 16.1. The zero-order valence-corrected chi connectivity index (χ0v) is 71.7. The second-order valence-corrected chi connectivity index (χ2v) is 33.6. The fourth-order valence-corrected chi connectivity index (χ4v) is 16.5. The number of phenolic OH excluding ortho intramolecular Hbond substituents is 4. The largest absolute Gasteiger partial charge is 0.508 e. The van der Waals surface area contributed by atoms with E-state index >= 15 is 0 Å². The van der Waals surface area contributed by atoms with Crippen LogP contribution < -0.4 is 29.4 Å². The molecule has 16 rings (SSSR count). The number of rotatable bonds is 19. The lowest BCUT2D eigenvalue weighted by atomic mass is 9.90. The van der Waals surface area contributed by atoms with Gasteiger partial charge in [0.2, 0.25) is 53.7 Å². The van der Waals surface area contributed by atoms with Crippen molar-refractivity contribution < 1.29 is 165 Å². The molecule has 706 valence electrons. The third kappa shape index (κ3) is 20.7. The smallest absolute Gasteiger partial charge is 0.333 e. The molecule has 44 heteroatoms. The minimum atomic E-state index is -2.63. The number of aliphatic hydroxyl groups excluding tert-OH is 18. The normalized spacial score (nSPS) is 29.3. The molecular formula is C88H97Cl2N9O33. The van der Waals surface area contributed by atoms with Crippen LogP contribution in [0.3, 0.4) is 0 Å². The van der Waals surface area contributed by atoms with Gasteiger partial charge in [-0.1, -0.05) is 87.0 Å². The molecule has 9 aliphatic rings.